The molecule has 23 heavy (non-hydrogen) atoms. The van der Waals surface area contributed by atoms with E-state index in [1.807, 2.05) is 0 Å². The number of carboxylic acid groups (broad SMARTS) is 1. The minimum atomic E-state index is -4.05. The van der Waals surface area contributed by atoms with Crippen molar-refractivity contribution in [1.82, 2.24) is 0 Å². The van der Waals surface area contributed by atoms with Crippen LogP contribution in [0.1, 0.15) is 71.1 Å². The Morgan fingerprint density at radius 2 is 1.30 bits per heavy atom. The normalized spacial score (nSPS) is 9.87. The average molecular weight is 369 g/mol. The second-order valence-electron chi connectivity index (χ2n) is 5.00. The number of unbranched alkanes of at least 4 members (excludes halogenated alkanes) is 8. The first kappa shape index (κ1) is 32.0. The average Bonchev–Trinajstić information content (AvgIpc) is 2.36. The van der Waals surface area contributed by atoms with Gasteiger partial charge in [0, 0.05) is 12.5 Å². The predicted octanol–water partition coefficient (Wildman–Crippen LogP) is -4.84. The van der Waals surface area contributed by atoms with E-state index in [1.165, 1.54) is 44.9 Å². The van der Waals surface area contributed by atoms with Gasteiger partial charge in [-0.2, -0.15) is 0 Å². The summed E-state index contributed by atoms with van der Waals surface area (Å²) in [6, 6.07) is 0. The van der Waals surface area contributed by atoms with Gasteiger partial charge in [-0.3, -0.25) is 0 Å². The topological polar surface area (TPSA) is 123 Å². The van der Waals surface area contributed by atoms with Crippen molar-refractivity contribution >= 4 is 16.1 Å². The second-order valence-corrected chi connectivity index (χ2v) is 6.52. The van der Waals surface area contributed by atoms with E-state index in [1.54, 1.807) is 0 Å². The van der Waals surface area contributed by atoms with Gasteiger partial charge in [0.15, 0.2) is 0 Å². The summed E-state index contributed by atoms with van der Waals surface area (Å²) >= 11 is 0. The maximum atomic E-state index is 10.1. The Kier molecular flexibility index (Phi) is 32.5. The number of rotatable bonds is 12. The van der Waals surface area contributed by atoms with Crippen LogP contribution in [0.25, 0.3) is 0 Å². The maximum absolute atomic E-state index is 10.1. The smallest absolute Gasteiger partial charge is 0.748 e. The SMILES string of the molecule is CCCCCCCCCCCC(=O)[O-].NCCS(=O)(=O)[O-].[Na+].[Na+]. The van der Waals surface area contributed by atoms with Gasteiger partial charge < -0.3 is 20.2 Å². The van der Waals surface area contributed by atoms with Crippen LogP contribution in [0.3, 0.4) is 0 Å². The third-order valence-corrected chi connectivity index (χ3v) is 3.59. The first-order valence-corrected chi connectivity index (χ1v) is 9.24. The third-order valence-electron chi connectivity index (χ3n) is 2.85. The molecule has 0 aromatic carbocycles. The van der Waals surface area contributed by atoms with Gasteiger partial charge in [0.1, 0.15) is 0 Å². The minimum Gasteiger partial charge on any atom is -0.748 e. The molecule has 128 valence electrons. The quantitative estimate of drug-likeness (QED) is 0.209. The van der Waals surface area contributed by atoms with Crippen LogP contribution in [0.5, 0.6) is 0 Å². The number of aliphatic carboxylic acids is 1. The standard InChI is InChI=1S/C12H24O2.C2H7NO3S.2Na/c1-2-3-4-5-6-7-8-9-10-11-12(13)14;3-1-2-7(4,5)6;;/h2-11H2,1H3,(H,13,14);1-3H2,(H,4,5,6);;/q;;2*+1/p-2. The summed E-state index contributed by atoms with van der Waals surface area (Å²) < 4.78 is 28.8. The van der Waals surface area contributed by atoms with Crippen LogP contribution < -0.4 is 70.0 Å². The Labute approximate surface area is 185 Å². The van der Waals surface area contributed by atoms with Crippen molar-refractivity contribution in [2.24, 2.45) is 5.73 Å². The molecule has 0 spiro atoms. The molecule has 9 heteroatoms. The molecule has 0 aromatic rings. The molecule has 0 saturated heterocycles. The zero-order chi connectivity index (χ0) is 16.6. The molecule has 0 amide bonds. The first-order chi connectivity index (χ1) is 9.83. The Hall–Kier alpha value is 1.34. The van der Waals surface area contributed by atoms with E-state index in [0.717, 1.165) is 12.8 Å². The Balaban J connectivity index is -0.000000173. The number of hydrogen-bond donors (Lipinski definition) is 1. The molecule has 0 fully saturated rings. The van der Waals surface area contributed by atoms with Crippen molar-refractivity contribution in [2.45, 2.75) is 71.1 Å². The molecule has 0 rings (SSSR count). The van der Waals surface area contributed by atoms with E-state index in [9.17, 15) is 22.9 Å². The van der Waals surface area contributed by atoms with Crippen molar-refractivity contribution in [1.29, 1.82) is 0 Å². The van der Waals surface area contributed by atoms with Crippen LogP contribution in [0.15, 0.2) is 0 Å². The fraction of sp³-hybridized carbons (Fsp3) is 0.929. The number of carbonyl (C=O) groups excluding carboxylic acids is 1. The van der Waals surface area contributed by atoms with Crippen molar-refractivity contribution in [3.63, 3.8) is 0 Å². The summed E-state index contributed by atoms with van der Waals surface area (Å²) in [5.74, 6) is -1.37. The predicted molar refractivity (Wildman–Crippen MR) is 80.5 cm³/mol. The van der Waals surface area contributed by atoms with E-state index >= 15 is 0 Å². The molecule has 6 nitrogen and oxygen atoms in total. The van der Waals surface area contributed by atoms with Gasteiger partial charge in [-0.25, -0.2) is 8.42 Å². The molecule has 0 bridgehead atoms. The Morgan fingerprint density at radius 3 is 1.57 bits per heavy atom. The van der Waals surface area contributed by atoms with Crippen molar-refractivity contribution in [2.75, 3.05) is 12.3 Å². The summed E-state index contributed by atoms with van der Waals surface area (Å²) in [6.07, 6.45) is 11.2. The molecule has 0 aliphatic rings. The van der Waals surface area contributed by atoms with E-state index in [0.29, 0.717) is 0 Å². The first-order valence-electron chi connectivity index (χ1n) is 7.67. The zero-order valence-electron chi connectivity index (χ0n) is 15.0. The van der Waals surface area contributed by atoms with Gasteiger partial charge in [0.25, 0.3) is 0 Å². The monoisotopic (exact) mass is 369 g/mol. The summed E-state index contributed by atoms with van der Waals surface area (Å²) in [4.78, 5) is 10.1. The Bertz CT molecular complexity index is 340. The summed E-state index contributed by atoms with van der Waals surface area (Å²) in [5.41, 5.74) is 4.74. The van der Waals surface area contributed by atoms with Gasteiger partial charge >= 0.3 is 59.1 Å². The second kappa shape index (κ2) is 23.3. The number of carbonyl (C=O) groups is 1. The molecular weight excluding hydrogens is 340 g/mol. The molecule has 0 atom stereocenters. The minimum absolute atomic E-state index is 0. The maximum Gasteiger partial charge on any atom is 1.00 e. The van der Waals surface area contributed by atoms with Gasteiger partial charge in [-0.05, 0) is 12.8 Å². The number of nitrogens with two attached hydrogens (primary N) is 1. The van der Waals surface area contributed by atoms with Crippen LogP contribution in [-0.4, -0.2) is 31.2 Å². The summed E-state index contributed by atoms with van der Waals surface area (Å²) in [5, 5.41) is 10.1. The van der Waals surface area contributed by atoms with Crippen molar-refractivity contribution in [3.8, 4) is 0 Å². The fourth-order valence-electron chi connectivity index (χ4n) is 1.72. The van der Waals surface area contributed by atoms with Gasteiger partial charge in [-0.1, -0.05) is 58.3 Å². The van der Waals surface area contributed by atoms with E-state index in [4.69, 9.17) is 5.73 Å². The largest absolute Gasteiger partial charge is 1.00 e. The van der Waals surface area contributed by atoms with Crippen LogP contribution >= 0.6 is 0 Å². The van der Waals surface area contributed by atoms with Crippen LogP contribution in [-0.2, 0) is 14.9 Å². The fourth-order valence-corrected chi connectivity index (χ4v) is 2.01. The molecule has 2 N–H and O–H groups in total. The van der Waals surface area contributed by atoms with Crippen LogP contribution in [0.4, 0.5) is 0 Å². The van der Waals surface area contributed by atoms with Gasteiger partial charge in [0.05, 0.1) is 15.9 Å². The number of hydrogen-bond acceptors (Lipinski definition) is 6. The molecule has 0 aromatic heterocycles. The van der Waals surface area contributed by atoms with E-state index < -0.39 is 21.8 Å². The molecule has 0 heterocycles. The van der Waals surface area contributed by atoms with Gasteiger partial charge in [0.2, 0.25) is 0 Å². The molecule has 0 aliphatic carbocycles. The molecule has 0 aliphatic heterocycles. The molecule has 0 radical (unpaired) electrons. The van der Waals surface area contributed by atoms with Crippen LogP contribution in [0, 0.1) is 0 Å². The molecular formula is C14H29NNa2O5S. The van der Waals surface area contributed by atoms with Crippen molar-refractivity contribution < 1.29 is 82.0 Å². The molecule has 0 unspecified atom stereocenters. The number of carboxylic acids is 1. The van der Waals surface area contributed by atoms with Crippen molar-refractivity contribution in [3.05, 3.63) is 0 Å². The zero-order valence-corrected chi connectivity index (χ0v) is 19.8. The Morgan fingerprint density at radius 1 is 0.913 bits per heavy atom. The van der Waals surface area contributed by atoms with Crippen LogP contribution in [0.2, 0.25) is 0 Å². The van der Waals surface area contributed by atoms with E-state index in [2.05, 4.69) is 6.92 Å². The third kappa shape index (κ3) is 39.8. The molecule has 0 saturated carbocycles. The summed E-state index contributed by atoms with van der Waals surface area (Å²) in [6.45, 7) is 2.13. The van der Waals surface area contributed by atoms with Gasteiger partial charge in [-0.15, -0.1) is 0 Å². The van der Waals surface area contributed by atoms with E-state index in [-0.39, 0.29) is 72.1 Å². The summed E-state index contributed by atoms with van der Waals surface area (Å²) in [7, 11) is -4.05.